The van der Waals surface area contributed by atoms with Gasteiger partial charge < -0.3 is 10.2 Å². The maximum absolute atomic E-state index is 9.42. The topological polar surface area (TPSA) is 40.5 Å². The molecule has 2 N–H and O–H groups in total. The van der Waals surface area contributed by atoms with Crippen LogP contribution in [0.2, 0.25) is 0 Å². The summed E-state index contributed by atoms with van der Waals surface area (Å²) in [6, 6.07) is 3.87. The second kappa shape index (κ2) is 12.6. The van der Waals surface area contributed by atoms with Gasteiger partial charge in [0.15, 0.2) is 0 Å². The zero-order valence-corrected chi connectivity index (χ0v) is 15.0. The first-order chi connectivity index (χ1) is 10.2. The molecule has 122 valence electrons. The predicted molar refractivity (Wildman–Crippen MR) is 97.3 cm³/mol. The van der Waals surface area contributed by atoms with E-state index in [1.807, 2.05) is 52.0 Å². The first kappa shape index (κ1) is 22.1. The Labute approximate surface area is 136 Å². The highest BCUT2D eigenvalue weighted by molar-refractivity contribution is 5.40. The SMILES string of the molecule is C#CC.C/C=C\C(C)=C(/C)O.CCc1cc(C)c(C)cc1O. The molecule has 1 rings (SSSR count). The van der Waals surface area contributed by atoms with E-state index >= 15 is 0 Å². The minimum Gasteiger partial charge on any atom is -0.512 e. The average molecular weight is 302 g/mol. The Balaban J connectivity index is 0. The summed E-state index contributed by atoms with van der Waals surface area (Å²) in [5.41, 5.74) is 4.36. The molecule has 0 saturated heterocycles. The molecule has 0 radical (unpaired) electrons. The van der Waals surface area contributed by atoms with E-state index in [1.54, 1.807) is 13.8 Å². The van der Waals surface area contributed by atoms with Crippen LogP contribution in [0.25, 0.3) is 0 Å². The lowest BCUT2D eigenvalue weighted by atomic mass is 10.0. The fourth-order valence-corrected chi connectivity index (χ4v) is 1.51. The van der Waals surface area contributed by atoms with Crippen LogP contribution in [0.4, 0.5) is 0 Å². The van der Waals surface area contributed by atoms with Gasteiger partial charge in [-0.3, -0.25) is 0 Å². The number of terminal acetylenes is 1. The number of phenolic OH excluding ortho intramolecular Hbond substituents is 1. The van der Waals surface area contributed by atoms with Crippen molar-refractivity contribution in [1.29, 1.82) is 0 Å². The highest BCUT2D eigenvalue weighted by atomic mass is 16.3. The molecule has 0 amide bonds. The van der Waals surface area contributed by atoms with Crippen molar-refractivity contribution in [2.75, 3.05) is 0 Å². The number of allylic oxidation sites excluding steroid dienone is 4. The van der Waals surface area contributed by atoms with Crippen LogP contribution in [0, 0.1) is 26.2 Å². The Morgan fingerprint density at radius 1 is 1.23 bits per heavy atom. The Kier molecular flexibility index (Phi) is 12.7. The smallest absolute Gasteiger partial charge is 0.119 e. The van der Waals surface area contributed by atoms with Gasteiger partial charge in [-0.2, -0.15) is 0 Å². The molecule has 0 aliphatic rings. The molecule has 0 aliphatic carbocycles. The lowest BCUT2D eigenvalue weighted by Gasteiger charge is -2.05. The third-order valence-electron chi connectivity index (χ3n) is 3.06. The van der Waals surface area contributed by atoms with Crippen molar-refractivity contribution in [2.24, 2.45) is 0 Å². The first-order valence-electron chi connectivity index (χ1n) is 7.40. The fourth-order valence-electron chi connectivity index (χ4n) is 1.51. The zero-order valence-electron chi connectivity index (χ0n) is 15.0. The molecule has 1 aromatic rings. The summed E-state index contributed by atoms with van der Waals surface area (Å²) >= 11 is 0. The number of aliphatic hydroxyl groups excluding tert-OH is 1. The number of aliphatic hydroxyl groups is 1. The van der Waals surface area contributed by atoms with Gasteiger partial charge in [0, 0.05) is 0 Å². The van der Waals surface area contributed by atoms with Crippen molar-refractivity contribution in [3.05, 3.63) is 52.3 Å². The third-order valence-corrected chi connectivity index (χ3v) is 3.06. The van der Waals surface area contributed by atoms with Gasteiger partial charge in [-0.05, 0) is 76.3 Å². The van der Waals surface area contributed by atoms with Crippen molar-refractivity contribution in [3.8, 4) is 18.1 Å². The second-order valence-corrected chi connectivity index (χ2v) is 4.98. The van der Waals surface area contributed by atoms with E-state index in [9.17, 15) is 5.11 Å². The fraction of sp³-hybridized carbons (Fsp3) is 0.400. The Hall–Kier alpha value is -2.14. The van der Waals surface area contributed by atoms with Crippen LogP contribution in [0.15, 0.2) is 35.6 Å². The quantitative estimate of drug-likeness (QED) is 0.422. The van der Waals surface area contributed by atoms with Crippen molar-refractivity contribution in [1.82, 2.24) is 0 Å². The number of benzene rings is 1. The molecular formula is C20H30O2. The molecule has 2 heteroatoms. The standard InChI is InChI=1S/C10H14O.C7H12O.C3H4/c1-4-9-5-7(2)8(3)6-10(9)11;1-4-5-6(2)7(3)8;1-3-2/h5-6,11H,4H2,1-3H3;4-5,8H,1-3H3;1H,2H3/b;5-4-,7-6+;. The number of aryl methyl sites for hydroxylation is 3. The van der Waals surface area contributed by atoms with Crippen LogP contribution >= 0.6 is 0 Å². The summed E-state index contributed by atoms with van der Waals surface area (Å²) in [5.74, 6) is 3.07. The lowest BCUT2D eigenvalue weighted by Crippen LogP contribution is -1.86. The molecule has 0 heterocycles. The molecule has 0 unspecified atom stereocenters. The Bertz CT molecular complexity index is 540. The summed E-state index contributed by atoms with van der Waals surface area (Å²) in [5, 5.41) is 18.2. The first-order valence-corrected chi connectivity index (χ1v) is 7.40. The molecule has 0 spiro atoms. The highest BCUT2D eigenvalue weighted by Gasteiger charge is 2.00. The summed E-state index contributed by atoms with van der Waals surface area (Å²) in [4.78, 5) is 0. The molecule has 0 saturated carbocycles. The van der Waals surface area contributed by atoms with Crippen molar-refractivity contribution in [3.63, 3.8) is 0 Å². The number of hydrogen-bond donors (Lipinski definition) is 2. The van der Waals surface area contributed by atoms with Gasteiger partial charge in [-0.15, -0.1) is 12.3 Å². The third kappa shape index (κ3) is 9.72. The molecule has 0 fully saturated rings. The van der Waals surface area contributed by atoms with Gasteiger partial charge in [0.1, 0.15) is 5.75 Å². The number of aromatic hydroxyl groups is 1. The molecular weight excluding hydrogens is 272 g/mol. The summed E-state index contributed by atoms with van der Waals surface area (Å²) < 4.78 is 0. The van der Waals surface area contributed by atoms with Crippen molar-refractivity contribution < 1.29 is 10.2 Å². The van der Waals surface area contributed by atoms with Crippen molar-refractivity contribution >= 4 is 0 Å². The van der Waals surface area contributed by atoms with E-state index in [2.05, 4.69) is 19.3 Å². The minimum absolute atomic E-state index is 0.392. The minimum atomic E-state index is 0.392. The van der Waals surface area contributed by atoms with Crippen LogP contribution in [-0.2, 0) is 6.42 Å². The molecule has 22 heavy (non-hydrogen) atoms. The van der Waals surface area contributed by atoms with Crippen molar-refractivity contribution in [2.45, 2.75) is 54.9 Å². The maximum atomic E-state index is 9.42. The summed E-state index contributed by atoms with van der Waals surface area (Å²) in [6.45, 7) is 13.2. The maximum Gasteiger partial charge on any atom is 0.119 e. The molecule has 0 aromatic heterocycles. The van der Waals surface area contributed by atoms with E-state index in [4.69, 9.17) is 5.11 Å². The van der Waals surface area contributed by atoms with E-state index in [-0.39, 0.29) is 0 Å². The van der Waals surface area contributed by atoms with E-state index in [0.29, 0.717) is 11.5 Å². The normalized spacial score (nSPS) is 10.6. The Morgan fingerprint density at radius 2 is 1.68 bits per heavy atom. The van der Waals surface area contributed by atoms with Gasteiger partial charge in [0.05, 0.1) is 5.76 Å². The van der Waals surface area contributed by atoms with Crippen LogP contribution in [0.5, 0.6) is 5.75 Å². The zero-order chi connectivity index (χ0) is 17.7. The predicted octanol–water partition coefficient (Wildman–Crippen LogP) is 5.63. The number of phenols is 1. The van der Waals surface area contributed by atoms with E-state index in [0.717, 1.165) is 23.1 Å². The molecule has 2 nitrogen and oxygen atoms in total. The van der Waals surface area contributed by atoms with Crippen LogP contribution in [0.3, 0.4) is 0 Å². The number of hydrogen-bond acceptors (Lipinski definition) is 2. The van der Waals surface area contributed by atoms with Crippen LogP contribution < -0.4 is 0 Å². The number of rotatable bonds is 2. The van der Waals surface area contributed by atoms with Gasteiger partial charge in [0.25, 0.3) is 0 Å². The lowest BCUT2D eigenvalue weighted by molar-refractivity contribution is 0.409. The van der Waals surface area contributed by atoms with Gasteiger partial charge >= 0.3 is 0 Å². The molecule has 0 bridgehead atoms. The summed E-state index contributed by atoms with van der Waals surface area (Å²) in [6.07, 6.45) is 9.26. The van der Waals surface area contributed by atoms with Gasteiger partial charge in [-0.1, -0.05) is 25.1 Å². The molecule has 0 atom stereocenters. The highest BCUT2D eigenvalue weighted by Crippen LogP contribution is 2.21. The second-order valence-electron chi connectivity index (χ2n) is 4.98. The monoisotopic (exact) mass is 302 g/mol. The van der Waals surface area contributed by atoms with E-state index in [1.165, 1.54) is 5.56 Å². The summed E-state index contributed by atoms with van der Waals surface area (Å²) in [7, 11) is 0. The largest absolute Gasteiger partial charge is 0.512 e. The average Bonchev–Trinajstić information content (AvgIpc) is 2.44. The molecule has 1 aromatic carbocycles. The van der Waals surface area contributed by atoms with Gasteiger partial charge in [-0.25, -0.2) is 0 Å². The van der Waals surface area contributed by atoms with E-state index < -0.39 is 0 Å². The van der Waals surface area contributed by atoms with Crippen LogP contribution in [-0.4, -0.2) is 10.2 Å². The molecule has 0 aliphatic heterocycles. The Morgan fingerprint density at radius 3 is 2.00 bits per heavy atom. The van der Waals surface area contributed by atoms with Gasteiger partial charge in [0.2, 0.25) is 0 Å². The van der Waals surface area contributed by atoms with Crippen LogP contribution in [0.1, 0.15) is 51.3 Å².